The molecule has 14 heavy (non-hydrogen) atoms. The largest absolute Gasteiger partial charge is 0.300 e. The number of rotatable bonds is 3. The molecule has 1 aliphatic heterocycles. The first kappa shape index (κ1) is 11.3. The van der Waals surface area contributed by atoms with Crippen molar-refractivity contribution in [3.05, 3.63) is 0 Å². The highest BCUT2D eigenvalue weighted by atomic mass is 16.1. The van der Waals surface area contributed by atoms with E-state index < -0.39 is 0 Å². The average Bonchev–Trinajstić information content (AvgIpc) is 2.32. The predicted molar refractivity (Wildman–Crippen MR) is 58.0 cm³/mol. The summed E-state index contributed by atoms with van der Waals surface area (Å²) in [4.78, 5) is 13.4. The van der Waals surface area contributed by atoms with Gasteiger partial charge in [-0.2, -0.15) is 0 Å². The second kappa shape index (κ2) is 5.82. The first-order chi connectivity index (χ1) is 6.74. The maximum absolute atomic E-state index is 11.1. The molecule has 1 heterocycles. The molecule has 0 spiro atoms. The van der Waals surface area contributed by atoms with Crippen LogP contribution in [-0.2, 0) is 4.79 Å². The van der Waals surface area contributed by atoms with Gasteiger partial charge in [-0.25, -0.2) is 0 Å². The van der Waals surface area contributed by atoms with Crippen LogP contribution in [0, 0.1) is 12.3 Å². The molecular formula is C12H19NO. The quantitative estimate of drug-likeness (QED) is 0.637. The van der Waals surface area contributed by atoms with Gasteiger partial charge < -0.3 is 0 Å². The molecule has 0 radical (unpaired) electrons. The van der Waals surface area contributed by atoms with Crippen LogP contribution in [0.5, 0.6) is 0 Å². The second-order valence-corrected chi connectivity index (χ2v) is 4.08. The summed E-state index contributed by atoms with van der Waals surface area (Å²) in [6, 6.07) is 0.394. The van der Waals surface area contributed by atoms with Crippen molar-refractivity contribution in [3.8, 4) is 12.3 Å². The van der Waals surface area contributed by atoms with Crippen molar-refractivity contribution in [2.24, 2.45) is 0 Å². The number of carbonyl (C=O) groups is 1. The van der Waals surface area contributed by atoms with Crippen LogP contribution in [0.15, 0.2) is 0 Å². The van der Waals surface area contributed by atoms with Crippen LogP contribution in [-0.4, -0.2) is 29.8 Å². The zero-order valence-electron chi connectivity index (χ0n) is 8.96. The Labute approximate surface area is 86.7 Å². The number of hydrogen-bond acceptors (Lipinski definition) is 2. The maximum Gasteiger partial charge on any atom is 0.131 e. The summed E-state index contributed by atoms with van der Waals surface area (Å²) in [7, 11) is 0. The minimum Gasteiger partial charge on any atom is -0.300 e. The van der Waals surface area contributed by atoms with Crippen molar-refractivity contribution in [1.29, 1.82) is 0 Å². The summed E-state index contributed by atoms with van der Waals surface area (Å²) in [5.74, 6) is 2.96. The lowest BCUT2D eigenvalue weighted by atomic mass is 10.0. The zero-order valence-corrected chi connectivity index (χ0v) is 8.96. The van der Waals surface area contributed by atoms with Gasteiger partial charge in [0.25, 0.3) is 0 Å². The summed E-state index contributed by atoms with van der Waals surface area (Å²) in [5.41, 5.74) is 0. The summed E-state index contributed by atoms with van der Waals surface area (Å²) in [6.45, 7) is 3.42. The van der Waals surface area contributed by atoms with Crippen LogP contribution in [0.1, 0.15) is 39.0 Å². The van der Waals surface area contributed by atoms with Crippen LogP contribution in [0.3, 0.4) is 0 Å². The summed E-state index contributed by atoms with van der Waals surface area (Å²) in [5, 5.41) is 0. The zero-order chi connectivity index (χ0) is 10.4. The molecule has 0 saturated carbocycles. The lowest BCUT2D eigenvalue weighted by molar-refractivity contribution is -0.118. The van der Waals surface area contributed by atoms with E-state index in [4.69, 9.17) is 6.42 Å². The molecule has 0 aromatic heterocycles. The summed E-state index contributed by atoms with van der Waals surface area (Å²) < 4.78 is 0. The second-order valence-electron chi connectivity index (χ2n) is 4.08. The molecule has 2 heteroatoms. The van der Waals surface area contributed by atoms with E-state index in [2.05, 4.69) is 10.8 Å². The van der Waals surface area contributed by atoms with E-state index in [1.807, 2.05) is 0 Å². The molecule has 0 bridgehead atoms. The molecular weight excluding hydrogens is 174 g/mol. The van der Waals surface area contributed by atoms with Gasteiger partial charge >= 0.3 is 0 Å². The van der Waals surface area contributed by atoms with Crippen molar-refractivity contribution in [2.75, 3.05) is 13.1 Å². The van der Waals surface area contributed by atoms with E-state index in [0.717, 1.165) is 13.0 Å². The van der Waals surface area contributed by atoms with Gasteiger partial charge in [0.15, 0.2) is 0 Å². The van der Waals surface area contributed by atoms with Gasteiger partial charge in [-0.05, 0) is 26.3 Å². The molecule has 0 N–H and O–H groups in total. The smallest absolute Gasteiger partial charge is 0.131 e. The van der Waals surface area contributed by atoms with Gasteiger partial charge in [-0.3, -0.25) is 9.69 Å². The van der Waals surface area contributed by atoms with E-state index in [-0.39, 0.29) is 5.78 Å². The fraction of sp³-hybridized carbons (Fsp3) is 0.750. The van der Waals surface area contributed by atoms with Gasteiger partial charge in [-0.1, -0.05) is 18.8 Å². The van der Waals surface area contributed by atoms with Crippen LogP contribution >= 0.6 is 0 Å². The molecule has 2 nitrogen and oxygen atoms in total. The lowest BCUT2D eigenvalue weighted by Crippen LogP contribution is -2.36. The van der Waals surface area contributed by atoms with Gasteiger partial charge in [0.1, 0.15) is 5.78 Å². The molecule has 0 amide bonds. The highest BCUT2D eigenvalue weighted by Gasteiger charge is 2.21. The van der Waals surface area contributed by atoms with Crippen molar-refractivity contribution in [1.82, 2.24) is 4.90 Å². The average molecular weight is 193 g/mol. The standard InChI is InChI=1S/C12H19NO/c1-3-8-13-9-6-4-5-7-12(13)10-11(2)14/h1,12H,4-10H2,2H3. The van der Waals surface area contributed by atoms with Crippen molar-refractivity contribution in [3.63, 3.8) is 0 Å². The van der Waals surface area contributed by atoms with Gasteiger partial charge in [0.05, 0.1) is 6.54 Å². The van der Waals surface area contributed by atoms with Crippen LogP contribution in [0.25, 0.3) is 0 Å². The Bertz CT molecular complexity index is 229. The highest BCUT2D eigenvalue weighted by molar-refractivity contribution is 5.76. The number of Topliss-reactive ketones (excluding diaryl/α,β-unsaturated/α-hetero) is 1. The van der Waals surface area contributed by atoms with Gasteiger partial charge in [0, 0.05) is 12.5 Å². The molecule has 1 atom stereocenters. The third kappa shape index (κ3) is 3.51. The minimum atomic E-state index is 0.277. The molecule has 0 aromatic rings. The maximum atomic E-state index is 11.1. The molecule has 1 unspecified atom stereocenters. The molecule has 78 valence electrons. The first-order valence-electron chi connectivity index (χ1n) is 5.41. The highest BCUT2D eigenvalue weighted by Crippen LogP contribution is 2.18. The van der Waals surface area contributed by atoms with E-state index >= 15 is 0 Å². The number of carbonyl (C=O) groups excluding carboxylic acids is 1. The van der Waals surface area contributed by atoms with E-state index in [1.165, 1.54) is 19.3 Å². The van der Waals surface area contributed by atoms with E-state index in [9.17, 15) is 4.79 Å². The molecule has 1 saturated heterocycles. The number of terminal acetylenes is 1. The number of likely N-dealkylation sites (tertiary alicyclic amines) is 1. The normalized spacial score (nSPS) is 23.9. The van der Waals surface area contributed by atoms with Gasteiger partial charge in [-0.15, -0.1) is 6.42 Å². The third-order valence-corrected chi connectivity index (χ3v) is 2.82. The topological polar surface area (TPSA) is 20.3 Å². The molecule has 1 aliphatic rings. The van der Waals surface area contributed by atoms with Crippen molar-refractivity contribution >= 4 is 5.78 Å². The molecule has 0 aromatic carbocycles. The third-order valence-electron chi connectivity index (χ3n) is 2.82. The van der Waals surface area contributed by atoms with E-state index in [0.29, 0.717) is 19.0 Å². The lowest BCUT2D eigenvalue weighted by Gasteiger charge is -2.27. The Morgan fingerprint density at radius 2 is 2.29 bits per heavy atom. The SMILES string of the molecule is C#CCN1CCCCCC1CC(C)=O. The Morgan fingerprint density at radius 1 is 1.50 bits per heavy atom. The molecule has 1 rings (SSSR count). The predicted octanol–water partition coefficient (Wildman–Crippen LogP) is 1.84. The minimum absolute atomic E-state index is 0.277. The van der Waals surface area contributed by atoms with E-state index in [1.54, 1.807) is 6.92 Å². The molecule has 1 fully saturated rings. The number of hydrogen-bond donors (Lipinski definition) is 0. The number of ketones is 1. The fourth-order valence-corrected chi connectivity index (χ4v) is 2.13. The van der Waals surface area contributed by atoms with Gasteiger partial charge in [0.2, 0.25) is 0 Å². The molecule has 0 aliphatic carbocycles. The Kier molecular flexibility index (Phi) is 4.69. The monoisotopic (exact) mass is 193 g/mol. The Hall–Kier alpha value is -0.810. The van der Waals surface area contributed by atoms with Crippen molar-refractivity contribution in [2.45, 2.75) is 45.1 Å². The first-order valence-corrected chi connectivity index (χ1v) is 5.41. The fourth-order valence-electron chi connectivity index (χ4n) is 2.13. The summed E-state index contributed by atoms with van der Waals surface area (Å²) >= 11 is 0. The number of nitrogens with zero attached hydrogens (tertiary/aromatic N) is 1. The van der Waals surface area contributed by atoms with Crippen molar-refractivity contribution < 1.29 is 4.79 Å². The summed E-state index contributed by atoms with van der Waals surface area (Å²) in [6.07, 6.45) is 10.8. The van der Waals surface area contributed by atoms with Crippen LogP contribution in [0.4, 0.5) is 0 Å². The Balaban J connectivity index is 2.54. The van der Waals surface area contributed by atoms with Crippen LogP contribution in [0.2, 0.25) is 0 Å². The Morgan fingerprint density at radius 3 is 2.93 bits per heavy atom. The van der Waals surface area contributed by atoms with Crippen LogP contribution < -0.4 is 0 Å².